The summed E-state index contributed by atoms with van der Waals surface area (Å²) < 4.78 is 0. The molecule has 0 aromatic heterocycles. The van der Waals surface area contributed by atoms with Gasteiger partial charge in [-0.05, 0) is 17.2 Å². The molecule has 2 aromatic carbocycles. The summed E-state index contributed by atoms with van der Waals surface area (Å²) >= 11 is 0. The molecule has 1 aliphatic rings. The van der Waals surface area contributed by atoms with Gasteiger partial charge in [0.1, 0.15) is 0 Å². The van der Waals surface area contributed by atoms with Crippen LogP contribution >= 0.6 is 0 Å². The molecule has 0 N–H and O–H groups in total. The maximum atomic E-state index is 12.0. The Balaban J connectivity index is 2.13. The average Bonchev–Trinajstić information content (AvgIpc) is 2.51. The zero-order valence-corrected chi connectivity index (χ0v) is 8.18. The fourth-order valence-corrected chi connectivity index (χ4v) is 2.18. The molecule has 0 saturated carbocycles. The van der Waals surface area contributed by atoms with Gasteiger partial charge in [-0.15, -0.1) is 0 Å². The van der Waals surface area contributed by atoms with Crippen molar-refractivity contribution < 1.29 is 4.79 Å². The second-order valence-corrected chi connectivity index (χ2v) is 3.83. The molecule has 0 radical (unpaired) electrons. The summed E-state index contributed by atoms with van der Waals surface area (Å²) in [7, 11) is 0. The first kappa shape index (κ1) is 8.42. The third-order valence-electron chi connectivity index (χ3n) is 2.90. The van der Waals surface area contributed by atoms with Crippen LogP contribution in [0.1, 0.15) is 27.4 Å². The Morgan fingerprint density at radius 2 is 1.53 bits per heavy atom. The van der Waals surface area contributed by atoms with E-state index in [-0.39, 0.29) is 11.7 Å². The van der Waals surface area contributed by atoms with E-state index < -0.39 is 0 Å². The standard InChI is InChI=1S/C14H10O/c15-14-12-8-4-7-11(9-12)13(14)10-5-2-1-3-6-10/h1-9,13H. The smallest absolute Gasteiger partial charge is 0.174 e. The van der Waals surface area contributed by atoms with Crippen LogP contribution in [0.5, 0.6) is 0 Å². The van der Waals surface area contributed by atoms with Gasteiger partial charge in [0.25, 0.3) is 0 Å². The molecule has 1 atom stereocenters. The lowest BCUT2D eigenvalue weighted by molar-refractivity contribution is 0.0982. The van der Waals surface area contributed by atoms with Crippen molar-refractivity contribution in [2.75, 3.05) is 0 Å². The van der Waals surface area contributed by atoms with Gasteiger partial charge in [0, 0.05) is 5.56 Å². The normalized spacial score (nSPS) is 18.1. The zero-order valence-electron chi connectivity index (χ0n) is 8.18. The molecule has 15 heavy (non-hydrogen) atoms. The number of hydrogen-bond acceptors (Lipinski definition) is 1. The fraction of sp³-hybridized carbons (Fsp3) is 0.0714. The molecular weight excluding hydrogens is 184 g/mol. The Morgan fingerprint density at radius 1 is 0.800 bits per heavy atom. The van der Waals surface area contributed by atoms with E-state index in [0.29, 0.717) is 0 Å². The Morgan fingerprint density at radius 3 is 2.27 bits per heavy atom. The highest BCUT2D eigenvalue weighted by molar-refractivity contribution is 6.06. The third-order valence-corrected chi connectivity index (χ3v) is 2.90. The molecule has 72 valence electrons. The number of fused-ring (bicyclic) bond motifs is 2. The molecule has 0 spiro atoms. The van der Waals surface area contributed by atoms with Crippen molar-refractivity contribution in [3.05, 3.63) is 71.3 Å². The summed E-state index contributed by atoms with van der Waals surface area (Å²) in [5, 5.41) is 0. The maximum Gasteiger partial charge on any atom is 0.174 e. The summed E-state index contributed by atoms with van der Waals surface area (Å²) in [6.07, 6.45) is 0. The summed E-state index contributed by atoms with van der Waals surface area (Å²) in [6.45, 7) is 0. The van der Waals surface area contributed by atoms with Crippen molar-refractivity contribution in [2.45, 2.75) is 5.92 Å². The van der Waals surface area contributed by atoms with Crippen molar-refractivity contribution in [2.24, 2.45) is 0 Å². The van der Waals surface area contributed by atoms with E-state index in [1.165, 1.54) is 0 Å². The Labute approximate surface area is 88.4 Å². The highest BCUT2D eigenvalue weighted by atomic mass is 16.1. The van der Waals surface area contributed by atoms with Gasteiger partial charge in [-0.3, -0.25) is 4.79 Å². The van der Waals surface area contributed by atoms with E-state index in [9.17, 15) is 4.79 Å². The van der Waals surface area contributed by atoms with E-state index >= 15 is 0 Å². The molecule has 0 saturated heterocycles. The Bertz CT molecular complexity index is 514. The SMILES string of the molecule is O=C1c2cccc(c2)C1c1ccccc1. The maximum absolute atomic E-state index is 12.0. The largest absolute Gasteiger partial charge is 0.293 e. The Hall–Kier alpha value is -1.89. The van der Waals surface area contributed by atoms with Crippen LogP contribution in [-0.2, 0) is 0 Å². The molecule has 1 unspecified atom stereocenters. The van der Waals surface area contributed by atoms with E-state index in [2.05, 4.69) is 0 Å². The van der Waals surface area contributed by atoms with Crippen LogP contribution in [0, 0.1) is 0 Å². The number of ketones is 1. The molecule has 2 aromatic rings. The predicted octanol–water partition coefficient (Wildman–Crippen LogP) is 3.01. The first-order valence-corrected chi connectivity index (χ1v) is 5.05. The predicted molar refractivity (Wildman–Crippen MR) is 59.1 cm³/mol. The lowest BCUT2D eigenvalue weighted by Gasteiger charge is -2.08. The van der Waals surface area contributed by atoms with E-state index in [1.807, 2.05) is 54.6 Å². The van der Waals surface area contributed by atoms with Crippen molar-refractivity contribution in [3.63, 3.8) is 0 Å². The van der Waals surface area contributed by atoms with Gasteiger partial charge in [-0.1, -0.05) is 48.5 Å². The van der Waals surface area contributed by atoms with Gasteiger partial charge in [0.2, 0.25) is 0 Å². The molecular formula is C14H10O. The molecule has 0 aliphatic heterocycles. The molecule has 0 heterocycles. The van der Waals surface area contributed by atoms with Crippen molar-refractivity contribution in [1.29, 1.82) is 0 Å². The lowest BCUT2D eigenvalue weighted by Crippen LogP contribution is -2.06. The topological polar surface area (TPSA) is 17.1 Å². The second kappa shape index (κ2) is 3.06. The van der Waals surface area contributed by atoms with Crippen LogP contribution < -0.4 is 0 Å². The minimum atomic E-state index is -0.0730. The number of benzene rings is 2. The summed E-state index contributed by atoms with van der Waals surface area (Å²) in [5.41, 5.74) is 3.04. The zero-order chi connectivity index (χ0) is 10.3. The molecule has 1 aliphatic carbocycles. The van der Waals surface area contributed by atoms with Gasteiger partial charge in [-0.2, -0.15) is 0 Å². The van der Waals surface area contributed by atoms with E-state index in [4.69, 9.17) is 0 Å². The van der Waals surface area contributed by atoms with Gasteiger partial charge in [0.05, 0.1) is 5.92 Å². The fourth-order valence-electron chi connectivity index (χ4n) is 2.18. The highest BCUT2D eigenvalue weighted by Crippen LogP contribution is 2.34. The van der Waals surface area contributed by atoms with Crippen LogP contribution in [-0.4, -0.2) is 5.78 Å². The van der Waals surface area contributed by atoms with Gasteiger partial charge >= 0.3 is 0 Å². The molecule has 2 bridgehead atoms. The number of hydrogen-bond donors (Lipinski definition) is 0. The number of rotatable bonds is 1. The molecule has 0 amide bonds. The van der Waals surface area contributed by atoms with Gasteiger partial charge < -0.3 is 0 Å². The lowest BCUT2D eigenvalue weighted by atomic mass is 9.93. The summed E-state index contributed by atoms with van der Waals surface area (Å²) in [4.78, 5) is 12.0. The minimum absolute atomic E-state index is 0.0730. The van der Waals surface area contributed by atoms with Gasteiger partial charge in [-0.25, -0.2) is 0 Å². The molecule has 1 nitrogen and oxygen atoms in total. The summed E-state index contributed by atoms with van der Waals surface area (Å²) in [6, 6.07) is 17.8. The first-order valence-electron chi connectivity index (χ1n) is 5.05. The van der Waals surface area contributed by atoms with E-state index in [1.54, 1.807) is 0 Å². The Kier molecular flexibility index (Phi) is 1.72. The van der Waals surface area contributed by atoms with Crippen LogP contribution in [0.4, 0.5) is 0 Å². The minimum Gasteiger partial charge on any atom is -0.293 e. The number of carbonyl (C=O) groups is 1. The van der Waals surface area contributed by atoms with Crippen LogP contribution in [0.15, 0.2) is 54.6 Å². The van der Waals surface area contributed by atoms with Crippen LogP contribution in [0.2, 0.25) is 0 Å². The van der Waals surface area contributed by atoms with Crippen molar-refractivity contribution in [1.82, 2.24) is 0 Å². The molecule has 0 fully saturated rings. The summed E-state index contributed by atoms with van der Waals surface area (Å²) in [5.74, 6) is 0.150. The monoisotopic (exact) mass is 194 g/mol. The number of carbonyl (C=O) groups excluding carboxylic acids is 1. The highest BCUT2D eigenvalue weighted by Gasteiger charge is 2.29. The first-order chi connectivity index (χ1) is 7.36. The van der Waals surface area contributed by atoms with Crippen LogP contribution in [0.25, 0.3) is 0 Å². The van der Waals surface area contributed by atoms with Crippen LogP contribution in [0.3, 0.4) is 0 Å². The molecule has 1 heteroatoms. The second-order valence-electron chi connectivity index (χ2n) is 3.83. The number of Topliss-reactive ketones (excluding diaryl/α,β-unsaturated/α-hetero) is 1. The average molecular weight is 194 g/mol. The molecule has 3 rings (SSSR count). The van der Waals surface area contributed by atoms with E-state index in [0.717, 1.165) is 16.7 Å². The van der Waals surface area contributed by atoms with Crippen molar-refractivity contribution >= 4 is 5.78 Å². The van der Waals surface area contributed by atoms with Crippen molar-refractivity contribution in [3.8, 4) is 0 Å². The quantitative estimate of drug-likeness (QED) is 0.682. The third kappa shape index (κ3) is 1.20. The van der Waals surface area contributed by atoms with Gasteiger partial charge in [0.15, 0.2) is 5.78 Å².